The molecule has 0 radical (unpaired) electrons. The molecular weight excluding hydrogens is 399 g/mol. The fourth-order valence-corrected chi connectivity index (χ4v) is 4.04. The maximum absolute atomic E-state index is 13.4. The highest BCUT2D eigenvalue weighted by molar-refractivity contribution is 5.76. The number of aryl methyl sites for hydroxylation is 3. The van der Waals surface area contributed by atoms with Gasteiger partial charge in [0.15, 0.2) is 11.2 Å². The number of rotatable bonds is 6. The number of benzene rings is 1. The van der Waals surface area contributed by atoms with Crippen LogP contribution in [-0.4, -0.2) is 48.6 Å². The Morgan fingerprint density at radius 3 is 2.35 bits per heavy atom. The van der Waals surface area contributed by atoms with Crippen LogP contribution in [0.15, 0.2) is 33.9 Å². The van der Waals surface area contributed by atoms with Crippen molar-refractivity contribution in [2.45, 2.75) is 33.4 Å². The summed E-state index contributed by atoms with van der Waals surface area (Å²) >= 11 is 0. The Morgan fingerprint density at radius 2 is 1.71 bits per heavy atom. The lowest BCUT2D eigenvalue weighted by atomic mass is 10.2. The van der Waals surface area contributed by atoms with Gasteiger partial charge in [-0.25, -0.2) is 9.18 Å². The van der Waals surface area contributed by atoms with Crippen molar-refractivity contribution in [1.29, 1.82) is 0 Å². The lowest BCUT2D eigenvalue weighted by molar-refractivity contribution is 0.386. The molecule has 0 amide bonds. The molecule has 0 spiro atoms. The van der Waals surface area contributed by atoms with Crippen molar-refractivity contribution in [3.05, 3.63) is 67.9 Å². The summed E-state index contributed by atoms with van der Waals surface area (Å²) in [5.74, 6) is 0.300. The van der Waals surface area contributed by atoms with Crippen LogP contribution >= 0.6 is 0 Å². The molecule has 0 saturated carbocycles. The number of fused-ring (bicyclic) bond motifs is 3. The predicted molar refractivity (Wildman–Crippen MR) is 118 cm³/mol. The molecule has 3 heterocycles. The molecule has 0 aliphatic heterocycles. The van der Waals surface area contributed by atoms with Gasteiger partial charge in [0, 0.05) is 25.0 Å². The summed E-state index contributed by atoms with van der Waals surface area (Å²) in [7, 11) is 5.69. The second-order valence-electron chi connectivity index (χ2n) is 8.26. The normalized spacial score (nSPS) is 12.0. The molecule has 9 heteroatoms. The topological polar surface area (TPSA) is 69.5 Å². The van der Waals surface area contributed by atoms with Gasteiger partial charge in [0.2, 0.25) is 5.78 Å². The van der Waals surface area contributed by atoms with Crippen molar-refractivity contribution in [2.75, 3.05) is 20.6 Å². The smallest absolute Gasteiger partial charge is 0.314 e. The molecule has 0 N–H and O–H groups in total. The average molecular weight is 426 g/mol. The summed E-state index contributed by atoms with van der Waals surface area (Å²) < 4.78 is 19.8. The monoisotopic (exact) mass is 426 g/mol. The van der Waals surface area contributed by atoms with Crippen molar-refractivity contribution in [1.82, 2.24) is 28.0 Å². The molecule has 4 rings (SSSR count). The lowest BCUT2D eigenvalue weighted by Crippen LogP contribution is -2.39. The fourth-order valence-electron chi connectivity index (χ4n) is 4.04. The number of nitrogens with zero attached hydrogens (tertiary/aromatic N) is 6. The maximum Gasteiger partial charge on any atom is 0.332 e. The van der Waals surface area contributed by atoms with Gasteiger partial charge in [-0.1, -0.05) is 12.1 Å². The summed E-state index contributed by atoms with van der Waals surface area (Å²) in [6.07, 6.45) is 0.939. The average Bonchev–Trinajstić information content (AvgIpc) is 3.22. The van der Waals surface area contributed by atoms with Gasteiger partial charge in [0.05, 0.1) is 6.54 Å². The Hall–Kier alpha value is -3.20. The highest BCUT2D eigenvalue weighted by Crippen LogP contribution is 2.21. The zero-order valence-electron chi connectivity index (χ0n) is 18.5. The highest BCUT2D eigenvalue weighted by Gasteiger charge is 2.22. The number of aromatic nitrogens is 5. The Morgan fingerprint density at radius 1 is 1.03 bits per heavy atom. The van der Waals surface area contributed by atoms with E-state index in [-0.39, 0.29) is 12.4 Å². The van der Waals surface area contributed by atoms with E-state index in [0.717, 1.165) is 30.9 Å². The molecule has 3 aromatic heterocycles. The molecule has 8 nitrogen and oxygen atoms in total. The van der Waals surface area contributed by atoms with Crippen molar-refractivity contribution in [2.24, 2.45) is 7.05 Å². The van der Waals surface area contributed by atoms with Gasteiger partial charge in [-0.15, -0.1) is 0 Å². The van der Waals surface area contributed by atoms with Crippen molar-refractivity contribution < 1.29 is 4.39 Å². The molecule has 0 atom stereocenters. The van der Waals surface area contributed by atoms with E-state index in [1.54, 1.807) is 19.2 Å². The van der Waals surface area contributed by atoms with Crippen LogP contribution in [0.3, 0.4) is 0 Å². The zero-order valence-corrected chi connectivity index (χ0v) is 18.5. The Kier molecular flexibility index (Phi) is 5.30. The summed E-state index contributed by atoms with van der Waals surface area (Å²) in [6, 6.07) is 5.80. The first-order valence-electron chi connectivity index (χ1n) is 10.3. The molecule has 1 aromatic carbocycles. The van der Waals surface area contributed by atoms with Gasteiger partial charge < -0.3 is 9.47 Å². The molecule has 0 bridgehead atoms. The van der Waals surface area contributed by atoms with Crippen molar-refractivity contribution in [3.8, 4) is 0 Å². The molecule has 0 aliphatic carbocycles. The molecule has 0 aliphatic rings. The van der Waals surface area contributed by atoms with Crippen LogP contribution in [0.5, 0.6) is 0 Å². The van der Waals surface area contributed by atoms with Gasteiger partial charge >= 0.3 is 5.69 Å². The summed E-state index contributed by atoms with van der Waals surface area (Å²) in [4.78, 5) is 33.2. The third-order valence-electron chi connectivity index (χ3n) is 5.87. The summed E-state index contributed by atoms with van der Waals surface area (Å²) in [5.41, 5.74) is 2.54. The van der Waals surface area contributed by atoms with Crippen LogP contribution in [0.1, 0.15) is 23.4 Å². The third-order valence-corrected chi connectivity index (χ3v) is 5.87. The third kappa shape index (κ3) is 3.48. The van der Waals surface area contributed by atoms with Gasteiger partial charge in [0.1, 0.15) is 5.82 Å². The van der Waals surface area contributed by atoms with Crippen molar-refractivity contribution in [3.63, 3.8) is 0 Å². The van der Waals surface area contributed by atoms with E-state index in [0.29, 0.717) is 22.5 Å². The van der Waals surface area contributed by atoms with E-state index in [9.17, 15) is 14.0 Å². The Balaban J connectivity index is 1.91. The van der Waals surface area contributed by atoms with E-state index in [1.807, 2.05) is 32.3 Å². The maximum atomic E-state index is 13.4. The quantitative estimate of drug-likeness (QED) is 0.472. The van der Waals surface area contributed by atoms with Crippen LogP contribution < -0.4 is 11.2 Å². The van der Waals surface area contributed by atoms with Crippen LogP contribution in [0.25, 0.3) is 16.9 Å². The van der Waals surface area contributed by atoms with E-state index in [2.05, 4.69) is 14.5 Å². The van der Waals surface area contributed by atoms with Gasteiger partial charge in [-0.2, -0.15) is 4.98 Å². The molecule has 0 fully saturated rings. The van der Waals surface area contributed by atoms with Crippen LogP contribution in [0, 0.1) is 19.7 Å². The van der Waals surface area contributed by atoms with Crippen LogP contribution in [-0.2, 0) is 20.1 Å². The second-order valence-corrected chi connectivity index (χ2v) is 8.26. The van der Waals surface area contributed by atoms with Gasteiger partial charge in [-0.05, 0) is 58.6 Å². The standard InChI is InChI=1S/C22H27FN6O2/c1-14-15(2)29-18-19(24-21(29)27(14)12-6-11-25(3)4)26(5)22(31)28(20(18)30)13-16-7-9-17(23)10-8-16/h7-10H,6,11-13H2,1-5H3. The number of hydrogen-bond acceptors (Lipinski definition) is 4. The minimum absolute atomic E-state index is 0.0660. The van der Waals surface area contributed by atoms with E-state index >= 15 is 0 Å². The van der Waals surface area contributed by atoms with Gasteiger partial charge in [0.25, 0.3) is 5.56 Å². The molecular formula is C22H27FN6O2. The van der Waals surface area contributed by atoms with E-state index < -0.39 is 11.2 Å². The molecule has 4 aromatic rings. The Bertz CT molecular complexity index is 1390. The van der Waals surface area contributed by atoms with E-state index in [4.69, 9.17) is 0 Å². The Labute approximate surface area is 178 Å². The van der Waals surface area contributed by atoms with E-state index in [1.165, 1.54) is 21.3 Å². The minimum Gasteiger partial charge on any atom is -0.314 e. The first kappa shape index (κ1) is 21.0. The van der Waals surface area contributed by atoms with Gasteiger partial charge in [-0.3, -0.25) is 18.3 Å². The molecule has 164 valence electrons. The fraction of sp³-hybridized carbons (Fsp3) is 0.409. The molecule has 0 unspecified atom stereocenters. The van der Waals surface area contributed by atoms with Crippen LogP contribution in [0.2, 0.25) is 0 Å². The first-order valence-corrected chi connectivity index (χ1v) is 10.3. The van der Waals surface area contributed by atoms with Crippen LogP contribution in [0.4, 0.5) is 4.39 Å². The summed E-state index contributed by atoms with van der Waals surface area (Å²) in [6.45, 7) is 5.75. The largest absolute Gasteiger partial charge is 0.332 e. The second kappa shape index (κ2) is 7.81. The number of hydrogen-bond donors (Lipinski definition) is 0. The highest BCUT2D eigenvalue weighted by atomic mass is 19.1. The summed E-state index contributed by atoms with van der Waals surface area (Å²) in [5, 5.41) is 0. The lowest BCUT2D eigenvalue weighted by Gasteiger charge is -2.11. The molecule has 0 saturated heterocycles. The zero-order chi connectivity index (χ0) is 22.4. The minimum atomic E-state index is -0.448. The first-order chi connectivity index (χ1) is 14.7. The number of halogens is 1. The SMILES string of the molecule is Cc1c(C)n2c3c(=O)n(Cc4ccc(F)cc4)c(=O)n(C)c3nc2n1CCCN(C)C. The number of imidazole rings is 2. The molecule has 31 heavy (non-hydrogen) atoms. The predicted octanol–water partition coefficient (Wildman–Crippen LogP) is 1.91. The van der Waals surface area contributed by atoms with Crippen molar-refractivity contribution >= 4 is 16.9 Å².